The summed E-state index contributed by atoms with van der Waals surface area (Å²) in [6.07, 6.45) is 0.959. The van der Waals surface area contributed by atoms with E-state index in [-0.39, 0.29) is 29.8 Å². The summed E-state index contributed by atoms with van der Waals surface area (Å²) in [6, 6.07) is 27.6. The molecule has 0 aromatic heterocycles. The summed E-state index contributed by atoms with van der Waals surface area (Å²) >= 11 is 6.17. The zero-order valence-corrected chi connectivity index (χ0v) is 28.6. The molecule has 4 aromatic carbocycles. The molecule has 0 heterocycles. The lowest BCUT2D eigenvalue weighted by Crippen LogP contribution is -2.54. The molecule has 0 radical (unpaired) electrons. The number of benzene rings is 4. The molecule has 0 aliphatic rings. The lowest BCUT2D eigenvalue weighted by Gasteiger charge is -2.34. The molecule has 9 heteroatoms. The Morgan fingerprint density at radius 2 is 1.46 bits per heavy atom. The van der Waals surface area contributed by atoms with Gasteiger partial charge in [-0.2, -0.15) is 0 Å². The van der Waals surface area contributed by atoms with Crippen molar-refractivity contribution in [3.63, 3.8) is 0 Å². The Kier molecular flexibility index (Phi) is 11.7. The summed E-state index contributed by atoms with van der Waals surface area (Å²) in [5.74, 6) is -0.814. The molecule has 0 unspecified atom stereocenters. The highest BCUT2D eigenvalue weighted by Gasteiger charge is 2.35. The molecule has 0 spiro atoms. The second kappa shape index (κ2) is 15.4. The van der Waals surface area contributed by atoms with E-state index >= 15 is 0 Å². The molecule has 2 amide bonds. The number of sulfonamides is 1. The van der Waals surface area contributed by atoms with Gasteiger partial charge in [0.05, 0.1) is 10.6 Å². The minimum atomic E-state index is -4.17. The quantitative estimate of drug-likeness (QED) is 0.167. The van der Waals surface area contributed by atoms with Crippen molar-refractivity contribution in [2.24, 2.45) is 0 Å². The van der Waals surface area contributed by atoms with Gasteiger partial charge in [-0.15, -0.1) is 0 Å². The fourth-order valence-corrected chi connectivity index (χ4v) is 6.82. The number of amides is 2. The lowest BCUT2D eigenvalue weighted by atomic mass is 10.0. The van der Waals surface area contributed by atoms with Crippen molar-refractivity contribution in [3.8, 4) is 0 Å². The van der Waals surface area contributed by atoms with Crippen LogP contribution < -0.4 is 9.62 Å². The lowest BCUT2D eigenvalue weighted by molar-refractivity contribution is -0.140. The highest BCUT2D eigenvalue weighted by Crippen LogP contribution is 2.29. The second-order valence-electron chi connectivity index (χ2n) is 11.8. The molecule has 46 heavy (non-hydrogen) atoms. The molecule has 0 aliphatic heterocycles. The predicted octanol–water partition coefficient (Wildman–Crippen LogP) is 7.02. The Labute approximate surface area is 278 Å². The Hall–Kier alpha value is -4.14. The molecule has 1 N–H and O–H groups in total. The highest BCUT2D eigenvalue weighted by atomic mass is 35.5. The van der Waals surface area contributed by atoms with E-state index in [4.69, 9.17) is 11.6 Å². The van der Waals surface area contributed by atoms with Gasteiger partial charge >= 0.3 is 0 Å². The summed E-state index contributed by atoms with van der Waals surface area (Å²) in [4.78, 5) is 30.1. The average molecular weight is 660 g/mol. The van der Waals surface area contributed by atoms with Crippen LogP contribution in [0.3, 0.4) is 0 Å². The van der Waals surface area contributed by atoms with E-state index in [1.54, 1.807) is 54.6 Å². The zero-order valence-electron chi connectivity index (χ0n) is 27.0. The first-order chi connectivity index (χ1) is 21.9. The molecule has 4 aromatic rings. The van der Waals surface area contributed by atoms with Crippen LogP contribution in [0.4, 0.5) is 5.69 Å². The van der Waals surface area contributed by atoms with Crippen LogP contribution in [-0.4, -0.2) is 43.8 Å². The Bertz CT molecular complexity index is 1740. The van der Waals surface area contributed by atoms with Crippen molar-refractivity contribution in [2.75, 3.05) is 10.8 Å². The molecular weight excluding hydrogens is 618 g/mol. The van der Waals surface area contributed by atoms with E-state index in [9.17, 15) is 18.0 Å². The van der Waals surface area contributed by atoms with E-state index in [1.807, 2.05) is 77.1 Å². The van der Waals surface area contributed by atoms with Crippen LogP contribution in [0.15, 0.2) is 102 Å². The van der Waals surface area contributed by atoms with Crippen molar-refractivity contribution < 1.29 is 18.0 Å². The van der Waals surface area contributed by atoms with Crippen LogP contribution in [0.2, 0.25) is 5.02 Å². The second-order valence-corrected chi connectivity index (χ2v) is 14.1. The van der Waals surface area contributed by atoms with Crippen molar-refractivity contribution in [1.29, 1.82) is 0 Å². The highest BCUT2D eigenvalue weighted by molar-refractivity contribution is 7.92. The number of hydrogen-bond donors (Lipinski definition) is 1. The molecule has 0 saturated heterocycles. The molecule has 0 fully saturated rings. The SMILES string of the molecule is CC[C@@H](C)NC(=O)[C@@H](Cc1ccccc1)N(Cc1ccc(Cl)cc1)C(=O)CN(c1ccc(C)cc1C)S(=O)(=O)c1ccc(C)cc1. The van der Waals surface area contributed by atoms with Gasteiger partial charge in [0.15, 0.2) is 0 Å². The van der Waals surface area contributed by atoms with E-state index in [0.717, 1.165) is 26.6 Å². The van der Waals surface area contributed by atoms with Gasteiger partial charge in [-0.1, -0.05) is 96.4 Å². The Morgan fingerprint density at radius 1 is 0.826 bits per heavy atom. The summed E-state index contributed by atoms with van der Waals surface area (Å²) in [5.41, 5.74) is 4.62. The maximum Gasteiger partial charge on any atom is 0.264 e. The van der Waals surface area contributed by atoms with Crippen molar-refractivity contribution in [3.05, 3.63) is 130 Å². The topological polar surface area (TPSA) is 86.8 Å². The Balaban J connectivity index is 1.83. The minimum absolute atomic E-state index is 0.0745. The van der Waals surface area contributed by atoms with Crippen LogP contribution >= 0.6 is 11.6 Å². The monoisotopic (exact) mass is 659 g/mol. The van der Waals surface area contributed by atoms with Gasteiger partial charge in [-0.25, -0.2) is 8.42 Å². The standard InChI is InChI=1S/C37H42ClN3O4S/c1-6-29(5)39-37(43)35(23-30-10-8-7-9-11-30)40(24-31-15-17-32(38)18-16-31)36(42)25-41(34-21-14-27(3)22-28(34)4)46(44,45)33-19-12-26(2)13-20-33/h7-22,29,35H,6,23-25H2,1-5H3,(H,39,43)/t29-,35-/m1/s1. The van der Waals surface area contributed by atoms with Crippen molar-refractivity contribution in [1.82, 2.24) is 10.2 Å². The number of halogens is 1. The van der Waals surface area contributed by atoms with Gasteiger partial charge in [0.25, 0.3) is 10.0 Å². The van der Waals surface area contributed by atoms with E-state index in [2.05, 4.69) is 5.32 Å². The van der Waals surface area contributed by atoms with Crippen LogP contribution in [0.5, 0.6) is 0 Å². The van der Waals surface area contributed by atoms with E-state index < -0.39 is 28.5 Å². The minimum Gasteiger partial charge on any atom is -0.352 e. The van der Waals surface area contributed by atoms with Gasteiger partial charge < -0.3 is 10.2 Å². The summed E-state index contributed by atoms with van der Waals surface area (Å²) in [5, 5.41) is 3.60. The number of nitrogens with one attached hydrogen (secondary N) is 1. The van der Waals surface area contributed by atoms with Crippen LogP contribution in [-0.2, 0) is 32.6 Å². The number of nitrogens with zero attached hydrogens (tertiary/aromatic N) is 2. The van der Waals surface area contributed by atoms with Crippen LogP contribution in [0, 0.1) is 20.8 Å². The average Bonchev–Trinajstić information content (AvgIpc) is 3.03. The number of hydrogen-bond acceptors (Lipinski definition) is 4. The first-order valence-electron chi connectivity index (χ1n) is 15.4. The molecule has 0 saturated carbocycles. The van der Waals surface area contributed by atoms with Crippen molar-refractivity contribution in [2.45, 2.75) is 71.0 Å². The van der Waals surface area contributed by atoms with Gasteiger partial charge in [-0.05, 0) is 81.1 Å². The zero-order chi connectivity index (χ0) is 33.4. The smallest absolute Gasteiger partial charge is 0.264 e. The number of carbonyl (C=O) groups is 2. The molecule has 7 nitrogen and oxygen atoms in total. The number of aryl methyl sites for hydroxylation is 3. The molecule has 0 aliphatic carbocycles. The van der Waals surface area contributed by atoms with Crippen molar-refractivity contribution >= 4 is 39.1 Å². The third-order valence-corrected chi connectivity index (χ3v) is 10.1. The van der Waals surface area contributed by atoms with E-state index in [1.165, 1.54) is 4.90 Å². The molecule has 0 bridgehead atoms. The molecule has 4 rings (SSSR count). The Morgan fingerprint density at radius 3 is 2.07 bits per heavy atom. The van der Waals surface area contributed by atoms with Crippen LogP contribution in [0.1, 0.15) is 48.1 Å². The third-order valence-electron chi connectivity index (χ3n) is 8.05. The molecular formula is C37H42ClN3O4S. The van der Waals surface area contributed by atoms with E-state index in [0.29, 0.717) is 22.7 Å². The van der Waals surface area contributed by atoms with Gasteiger partial charge in [0.1, 0.15) is 12.6 Å². The van der Waals surface area contributed by atoms with Gasteiger partial charge in [0.2, 0.25) is 11.8 Å². The maximum absolute atomic E-state index is 14.6. The summed E-state index contributed by atoms with van der Waals surface area (Å²) in [6.45, 7) is 9.10. The third kappa shape index (κ3) is 8.77. The molecule has 242 valence electrons. The fraction of sp³-hybridized carbons (Fsp3) is 0.297. The predicted molar refractivity (Wildman–Crippen MR) is 185 cm³/mol. The molecule has 2 atom stereocenters. The number of anilines is 1. The summed E-state index contributed by atoms with van der Waals surface area (Å²) < 4.78 is 29.7. The first kappa shape index (κ1) is 34.7. The number of rotatable bonds is 13. The van der Waals surface area contributed by atoms with Gasteiger partial charge in [-0.3, -0.25) is 13.9 Å². The maximum atomic E-state index is 14.6. The normalized spacial score (nSPS) is 12.7. The fourth-order valence-electron chi connectivity index (χ4n) is 5.22. The largest absolute Gasteiger partial charge is 0.352 e. The number of carbonyl (C=O) groups excluding carboxylic acids is 2. The van der Waals surface area contributed by atoms with Gasteiger partial charge in [0, 0.05) is 24.0 Å². The first-order valence-corrected chi connectivity index (χ1v) is 17.3. The summed E-state index contributed by atoms with van der Waals surface area (Å²) in [7, 11) is -4.17. The van der Waals surface area contributed by atoms with Crippen LogP contribution in [0.25, 0.3) is 0 Å².